The van der Waals surface area contributed by atoms with Crippen molar-refractivity contribution < 1.29 is 0 Å². The van der Waals surface area contributed by atoms with Gasteiger partial charge in [-0.15, -0.1) is 34.0 Å². The van der Waals surface area contributed by atoms with Crippen LogP contribution in [-0.4, -0.2) is 36.2 Å². The number of benzene rings is 1. The van der Waals surface area contributed by atoms with Crippen molar-refractivity contribution in [3.05, 3.63) is 49.1 Å². The highest BCUT2D eigenvalue weighted by Crippen LogP contribution is 2.27. The van der Waals surface area contributed by atoms with Crippen LogP contribution in [0.15, 0.2) is 49.1 Å². The predicted molar refractivity (Wildman–Crippen MR) is 123 cm³/mol. The van der Waals surface area contributed by atoms with Gasteiger partial charge in [-0.1, -0.05) is 32.8 Å². The Balaban J connectivity index is 0.00000169. The molecule has 2 aliphatic rings. The van der Waals surface area contributed by atoms with Crippen molar-refractivity contribution in [2.75, 3.05) is 36.2 Å². The fourth-order valence-corrected chi connectivity index (χ4v) is 3.13. The molecule has 6 heteroatoms. The highest BCUT2D eigenvalue weighted by Gasteiger charge is 2.17. The predicted octanol–water partition coefficient (Wildman–Crippen LogP) is 5.54. The zero-order chi connectivity index (χ0) is 16.8. The second-order valence-corrected chi connectivity index (χ2v) is 6.67. The molecule has 3 rings (SSSR count). The molecule has 0 bridgehead atoms. The summed E-state index contributed by atoms with van der Waals surface area (Å²) in [6.45, 7) is 8.70. The summed E-state index contributed by atoms with van der Waals surface area (Å²) < 4.78 is 0. The van der Waals surface area contributed by atoms with Gasteiger partial charge in [0.25, 0.3) is 0 Å². The van der Waals surface area contributed by atoms with Gasteiger partial charge in [0.15, 0.2) is 0 Å². The van der Waals surface area contributed by atoms with E-state index in [0.29, 0.717) is 0 Å². The molecule has 4 nitrogen and oxygen atoms in total. The zero-order valence-electron chi connectivity index (χ0n) is 15.9. The minimum absolute atomic E-state index is 0. The minimum Gasteiger partial charge on any atom is -0.358 e. The number of halogens is 2. The van der Waals surface area contributed by atoms with E-state index in [2.05, 4.69) is 82.5 Å². The molecule has 0 spiro atoms. The lowest BCUT2D eigenvalue weighted by Crippen LogP contribution is -2.27. The molecule has 0 N–H and O–H groups in total. The van der Waals surface area contributed by atoms with Gasteiger partial charge in [0.1, 0.15) is 0 Å². The van der Waals surface area contributed by atoms with Gasteiger partial charge in [0.2, 0.25) is 0 Å². The minimum atomic E-state index is 0. The Bertz CT molecular complexity index is 544. The first-order valence-corrected chi connectivity index (χ1v) is 9.28. The van der Waals surface area contributed by atoms with Gasteiger partial charge < -0.3 is 19.6 Å². The van der Waals surface area contributed by atoms with E-state index >= 15 is 0 Å². The monoisotopic (exact) mass is 486 g/mol. The molecule has 2 aliphatic heterocycles. The fourth-order valence-electron chi connectivity index (χ4n) is 3.13. The van der Waals surface area contributed by atoms with Gasteiger partial charge in [-0.25, -0.2) is 0 Å². The lowest BCUT2D eigenvalue weighted by atomic mass is 10.2. The lowest BCUT2D eigenvalue weighted by Gasteiger charge is -2.24. The highest BCUT2D eigenvalue weighted by molar-refractivity contribution is 8.93. The Morgan fingerprint density at radius 2 is 1.19 bits per heavy atom. The van der Waals surface area contributed by atoms with Gasteiger partial charge in [0.05, 0.1) is 13.3 Å². The molecule has 0 amide bonds. The number of hydrogen-bond acceptors (Lipinski definition) is 4. The number of hydrogen-bond donors (Lipinski definition) is 0. The van der Waals surface area contributed by atoms with Crippen molar-refractivity contribution in [3.8, 4) is 0 Å². The van der Waals surface area contributed by atoms with Crippen LogP contribution in [0.2, 0.25) is 0 Å². The number of rotatable bonds is 8. The Morgan fingerprint density at radius 1 is 0.731 bits per heavy atom. The molecule has 1 aromatic carbocycles. The average Bonchev–Trinajstić information content (AvgIpc) is 3.28. The highest BCUT2D eigenvalue weighted by atomic mass is 79.9. The molecule has 0 atom stereocenters. The quantitative estimate of drug-likeness (QED) is 0.476. The second-order valence-electron chi connectivity index (χ2n) is 6.67. The molecule has 0 unspecified atom stereocenters. The van der Waals surface area contributed by atoms with Crippen LogP contribution >= 0.6 is 34.0 Å². The van der Waals surface area contributed by atoms with Crippen molar-refractivity contribution in [1.29, 1.82) is 0 Å². The van der Waals surface area contributed by atoms with E-state index in [1.165, 1.54) is 37.1 Å². The summed E-state index contributed by atoms with van der Waals surface area (Å²) in [7, 11) is 0. The smallest absolute Gasteiger partial charge is 0.0941 e. The molecule has 146 valence electrons. The van der Waals surface area contributed by atoms with E-state index in [1.807, 2.05) is 0 Å². The topological polar surface area (TPSA) is 13.0 Å². The molecule has 0 aliphatic carbocycles. The molecule has 0 saturated heterocycles. The number of unbranched alkanes of at least 4 members (excludes halogenated alkanes) is 2. The summed E-state index contributed by atoms with van der Waals surface area (Å²) in [5.41, 5.74) is 2.53. The SMILES string of the molecule is Br.Br.CCCCN1C=CN(c2cccc(N3C=CN(CCCC)C3)c2)C1. The normalized spacial score (nSPS) is 15.5. The Hall–Kier alpha value is -1.14. The van der Waals surface area contributed by atoms with E-state index in [1.54, 1.807) is 0 Å². The van der Waals surface area contributed by atoms with Gasteiger partial charge in [-0.05, 0) is 31.0 Å². The van der Waals surface area contributed by atoms with Crippen LogP contribution in [0.3, 0.4) is 0 Å². The van der Waals surface area contributed by atoms with Gasteiger partial charge in [-0.3, -0.25) is 0 Å². The third-order valence-electron chi connectivity index (χ3n) is 4.67. The van der Waals surface area contributed by atoms with E-state index in [0.717, 1.165) is 26.4 Å². The molecule has 0 aromatic heterocycles. The Labute approximate surface area is 179 Å². The first-order valence-electron chi connectivity index (χ1n) is 9.28. The summed E-state index contributed by atoms with van der Waals surface area (Å²) in [4.78, 5) is 9.43. The standard InChI is InChI=1S/C20H30N4.2BrH/c1-3-5-10-21-12-14-23(17-21)19-8-7-9-20(16-19)24-15-13-22(18-24)11-6-4-2;;/h7-9,12-16H,3-6,10-11,17-18H2,1-2H3;2*1H. The average molecular weight is 488 g/mol. The molecule has 0 radical (unpaired) electrons. The van der Waals surface area contributed by atoms with Gasteiger partial charge in [0, 0.05) is 49.3 Å². The van der Waals surface area contributed by atoms with Crippen LogP contribution in [0.1, 0.15) is 39.5 Å². The van der Waals surface area contributed by atoms with Crippen LogP contribution < -0.4 is 9.80 Å². The second kappa shape index (κ2) is 11.5. The van der Waals surface area contributed by atoms with Crippen molar-refractivity contribution in [3.63, 3.8) is 0 Å². The largest absolute Gasteiger partial charge is 0.358 e. The molecular weight excluding hydrogens is 456 g/mol. The van der Waals surface area contributed by atoms with Crippen molar-refractivity contribution in [2.24, 2.45) is 0 Å². The van der Waals surface area contributed by atoms with Crippen molar-refractivity contribution in [1.82, 2.24) is 9.80 Å². The summed E-state index contributed by atoms with van der Waals surface area (Å²) in [6, 6.07) is 8.86. The molecule has 0 fully saturated rings. The third-order valence-corrected chi connectivity index (χ3v) is 4.67. The Morgan fingerprint density at radius 3 is 1.62 bits per heavy atom. The fraction of sp³-hybridized carbons (Fsp3) is 0.500. The van der Waals surface area contributed by atoms with Crippen molar-refractivity contribution in [2.45, 2.75) is 39.5 Å². The molecule has 1 aromatic rings. The molecule has 2 heterocycles. The first kappa shape index (κ1) is 22.9. The summed E-state index contributed by atoms with van der Waals surface area (Å²) in [5.74, 6) is 0. The van der Waals surface area contributed by atoms with E-state index in [4.69, 9.17) is 0 Å². The zero-order valence-corrected chi connectivity index (χ0v) is 19.3. The summed E-state index contributed by atoms with van der Waals surface area (Å²) in [6.07, 6.45) is 13.8. The van der Waals surface area contributed by atoms with Gasteiger partial charge >= 0.3 is 0 Å². The van der Waals surface area contributed by atoms with Crippen LogP contribution in [0.5, 0.6) is 0 Å². The van der Waals surface area contributed by atoms with Crippen molar-refractivity contribution >= 4 is 45.3 Å². The maximum Gasteiger partial charge on any atom is 0.0941 e. The molecule has 26 heavy (non-hydrogen) atoms. The van der Waals surface area contributed by atoms with E-state index in [9.17, 15) is 0 Å². The van der Waals surface area contributed by atoms with Crippen LogP contribution in [0, 0.1) is 0 Å². The van der Waals surface area contributed by atoms with E-state index < -0.39 is 0 Å². The first-order chi connectivity index (χ1) is 11.8. The lowest BCUT2D eigenvalue weighted by molar-refractivity contribution is 0.395. The maximum absolute atomic E-state index is 2.39. The molecule has 0 saturated carbocycles. The van der Waals surface area contributed by atoms with Crippen LogP contribution in [0.4, 0.5) is 11.4 Å². The third kappa shape index (κ3) is 5.95. The Kier molecular flexibility index (Phi) is 10.2. The number of nitrogens with zero attached hydrogens (tertiary/aromatic N) is 4. The van der Waals surface area contributed by atoms with Crippen LogP contribution in [0.25, 0.3) is 0 Å². The summed E-state index contributed by atoms with van der Waals surface area (Å²) >= 11 is 0. The van der Waals surface area contributed by atoms with E-state index in [-0.39, 0.29) is 34.0 Å². The van der Waals surface area contributed by atoms with Crippen LogP contribution in [-0.2, 0) is 0 Å². The molecular formula is C20H32Br2N4. The van der Waals surface area contributed by atoms with Gasteiger partial charge in [-0.2, -0.15) is 0 Å². The number of anilines is 2. The summed E-state index contributed by atoms with van der Waals surface area (Å²) in [5, 5.41) is 0. The maximum atomic E-state index is 2.39.